The van der Waals surface area contributed by atoms with Crippen molar-refractivity contribution >= 4 is 23.3 Å². The van der Waals surface area contributed by atoms with Gasteiger partial charge in [0.05, 0.1) is 18.4 Å². The number of anilines is 1. The lowest BCUT2D eigenvalue weighted by atomic mass is 9.81. The molecule has 5 rings (SSSR count). The maximum absolute atomic E-state index is 12.8. The first-order valence-corrected chi connectivity index (χ1v) is 16.4. The van der Waals surface area contributed by atoms with E-state index in [1.54, 1.807) is 7.11 Å². The monoisotopic (exact) mass is 633 g/mol. The van der Waals surface area contributed by atoms with Crippen LogP contribution in [0.15, 0.2) is 36.4 Å². The fourth-order valence-electron chi connectivity index (χ4n) is 6.75. The van der Waals surface area contributed by atoms with Crippen LogP contribution >= 0.6 is 11.6 Å². The highest BCUT2D eigenvalue weighted by atomic mass is 35.5. The Labute approximate surface area is 273 Å². The van der Waals surface area contributed by atoms with Gasteiger partial charge in [-0.3, -0.25) is 9.88 Å². The number of nitrogens with zero attached hydrogens (tertiary/aromatic N) is 3. The number of methoxy groups -OCH3 is 1. The van der Waals surface area contributed by atoms with Crippen LogP contribution in [-0.2, 0) is 29.0 Å². The SMILES string of the molecule is COc1cc(Cl)cc(CN2CCc3cc(-c4c(C)nc(C)c([C@H](OC(C)(C)C)C(=O)O)c4N4CCC(C)(C)CC4)ccc3C2)c1. The zero-order chi connectivity index (χ0) is 32.7. The summed E-state index contributed by atoms with van der Waals surface area (Å²) in [7, 11) is 1.66. The van der Waals surface area contributed by atoms with Crippen molar-refractivity contribution in [3.63, 3.8) is 0 Å². The van der Waals surface area contributed by atoms with Gasteiger partial charge in [-0.25, -0.2) is 4.79 Å². The number of carboxylic acids is 1. The minimum absolute atomic E-state index is 0.246. The summed E-state index contributed by atoms with van der Waals surface area (Å²) >= 11 is 6.34. The third-order valence-electron chi connectivity index (χ3n) is 9.13. The summed E-state index contributed by atoms with van der Waals surface area (Å²) in [6, 6.07) is 12.6. The van der Waals surface area contributed by atoms with Crippen LogP contribution in [-0.4, -0.2) is 53.3 Å². The van der Waals surface area contributed by atoms with Gasteiger partial charge in [0, 0.05) is 60.3 Å². The molecule has 0 radical (unpaired) electrons. The number of aromatic nitrogens is 1. The normalized spacial score (nSPS) is 17.6. The molecule has 1 fully saturated rings. The first-order valence-electron chi connectivity index (χ1n) is 16.0. The third-order valence-corrected chi connectivity index (χ3v) is 9.35. The smallest absolute Gasteiger partial charge is 0.337 e. The first-order chi connectivity index (χ1) is 21.1. The van der Waals surface area contributed by atoms with Crippen LogP contribution < -0.4 is 9.64 Å². The third kappa shape index (κ3) is 7.65. The molecule has 1 aromatic heterocycles. The number of fused-ring (bicyclic) bond motifs is 1. The lowest BCUT2D eigenvalue weighted by Gasteiger charge is -2.41. The molecule has 3 heterocycles. The van der Waals surface area contributed by atoms with Gasteiger partial charge < -0.3 is 19.5 Å². The second-order valence-electron chi connectivity index (χ2n) is 14.5. The zero-order valence-electron chi connectivity index (χ0n) is 28.1. The molecule has 3 aromatic rings. The van der Waals surface area contributed by atoms with Crippen LogP contribution in [0.5, 0.6) is 5.75 Å². The van der Waals surface area contributed by atoms with Crippen molar-refractivity contribution < 1.29 is 19.4 Å². The maximum Gasteiger partial charge on any atom is 0.337 e. The van der Waals surface area contributed by atoms with Crippen molar-refractivity contribution in [2.75, 3.05) is 31.6 Å². The molecule has 0 amide bonds. The Morgan fingerprint density at radius 3 is 2.40 bits per heavy atom. The summed E-state index contributed by atoms with van der Waals surface area (Å²) in [4.78, 5) is 22.6. The van der Waals surface area contributed by atoms with Gasteiger partial charge in [-0.05, 0) is 99.7 Å². The quantitative estimate of drug-likeness (QED) is 0.268. The van der Waals surface area contributed by atoms with E-state index in [0.29, 0.717) is 16.3 Å². The van der Waals surface area contributed by atoms with Crippen molar-refractivity contribution in [3.05, 3.63) is 75.1 Å². The van der Waals surface area contributed by atoms with Crippen LogP contribution in [0.4, 0.5) is 5.69 Å². The van der Waals surface area contributed by atoms with Gasteiger partial charge in [0.15, 0.2) is 6.10 Å². The lowest BCUT2D eigenvalue weighted by Crippen LogP contribution is -2.39. The van der Waals surface area contributed by atoms with Crippen molar-refractivity contribution in [1.29, 1.82) is 0 Å². The number of carbonyl (C=O) groups is 1. The molecule has 45 heavy (non-hydrogen) atoms. The summed E-state index contributed by atoms with van der Waals surface area (Å²) in [6.45, 7) is 18.6. The second-order valence-corrected chi connectivity index (χ2v) is 14.9. The summed E-state index contributed by atoms with van der Waals surface area (Å²) in [5.41, 5.74) is 8.68. The Kier molecular flexibility index (Phi) is 9.55. The maximum atomic E-state index is 12.8. The van der Waals surface area contributed by atoms with Crippen molar-refractivity contribution in [2.24, 2.45) is 5.41 Å². The molecule has 2 aliphatic rings. The van der Waals surface area contributed by atoms with Crippen LogP contribution in [0.2, 0.25) is 5.02 Å². The molecule has 0 aliphatic carbocycles. The molecule has 0 unspecified atom stereocenters. The van der Waals surface area contributed by atoms with E-state index in [4.69, 9.17) is 26.1 Å². The summed E-state index contributed by atoms with van der Waals surface area (Å²) < 4.78 is 11.7. The number of halogens is 1. The Hall–Kier alpha value is -3.13. The van der Waals surface area contributed by atoms with Crippen LogP contribution in [0, 0.1) is 19.3 Å². The van der Waals surface area contributed by atoms with E-state index in [1.807, 2.05) is 52.8 Å². The first kappa shape index (κ1) is 33.2. The molecule has 1 atom stereocenters. The van der Waals surface area contributed by atoms with Gasteiger partial charge >= 0.3 is 5.97 Å². The van der Waals surface area contributed by atoms with E-state index in [-0.39, 0.29) is 5.41 Å². The Morgan fingerprint density at radius 1 is 1.04 bits per heavy atom. The number of aryl methyl sites for hydroxylation is 2. The van der Waals surface area contributed by atoms with E-state index in [9.17, 15) is 9.90 Å². The number of aliphatic carboxylic acids is 1. The number of ether oxygens (including phenoxy) is 2. The number of hydrogen-bond acceptors (Lipinski definition) is 6. The molecule has 2 aromatic carbocycles. The van der Waals surface area contributed by atoms with Gasteiger partial charge in [0.1, 0.15) is 5.75 Å². The Morgan fingerprint density at radius 2 is 1.76 bits per heavy atom. The molecular weight excluding hydrogens is 586 g/mol. The Balaban J connectivity index is 1.55. The van der Waals surface area contributed by atoms with Crippen molar-refractivity contribution in [1.82, 2.24) is 9.88 Å². The molecular formula is C37H48ClN3O4. The van der Waals surface area contributed by atoms with Crippen molar-refractivity contribution in [2.45, 2.75) is 92.5 Å². The highest BCUT2D eigenvalue weighted by Crippen LogP contribution is 2.45. The second kappa shape index (κ2) is 12.9. The van der Waals surface area contributed by atoms with Crippen LogP contribution in [0.1, 0.15) is 87.2 Å². The molecule has 7 nitrogen and oxygen atoms in total. The number of benzene rings is 2. The summed E-state index contributed by atoms with van der Waals surface area (Å²) in [6.07, 6.45) is 1.85. The van der Waals surface area contributed by atoms with Gasteiger partial charge in [-0.15, -0.1) is 0 Å². The van der Waals surface area contributed by atoms with Crippen LogP contribution in [0.25, 0.3) is 11.1 Å². The average Bonchev–Trinajstić information content (AvgIpc) is 2.95. The predicted molar refractivity (Wildman–Crippen MR) is 181 cm³/mol. The highest BCUT2D eigenvalue weighted by Gasteiger charge is 2.36. The zero-order valence-corrected chi connectivity index (χ0v) is 28.8. The topological polar surface area (TPSA) is 75.1 Å². The molecule has 0 saturated carbocycles. The minimum Gasteiger partial charge on any atom is -0.497 e. The van der Waals surface area contributed by atoms with Gasteiger partial charge in [0.25, 0.3) is 0 Å². The van der Waals surface area contributed by atoms with Gasteiger partial charge in [-0.2, -0.15) is 0 Å². The molecule has 242 valence electrons. The fourth-order valence-corrected chi connectivity index (χ4v) is 6.99. The van der Waals surface area contributed by atoms with E-state index >= 15 is 0 Å². The molecule has 8 heteroatoms. The van der Waals surface area contributed by atoms with Crippen LogP contribution in [0.3, 0.4) is 0 Å². The molecule has 1 N–H and O–H groups in total. The summed E-state index contributed by atoms with van der Waals surface area (Å²) in [5, 5.41) is 11.2. The molecule has 1 saturated heterocycles. The van der Waals surface area contributed by atoms with Gasteiger partial charge in [-0.1, -0.05) is 43.6 Å². The number of hydrogen-bond donors (Lipinski definition) is 1. The van der Waals surface area contributed by atoms with E-state index in [2.05, 4.69) is 41.8 Å². The van der Waals surface area contributed by atoms with Crippen molar-refractivity contribution in [3.8, 4) is 16.9 Å². The molecule has 0 bridgehead atoms. The fraction of sp³-hybridized carbons (Fsp3) is 0.514. The van der Waals surface area contributed by atoms with E-state index in [0.717, 1.165) is 85.8 Å². The minimum atomic E-state index is -1.13. The standard InChI is InChI=1S/C37H48ClN3O4/c1-23-31(27-9-10-28-22-40(14-11-26(28)19-27)21-25-17-29(38)20-30(18-25)44-8)33(41-15-12-37(6,7)13-16-41)32(24(2)39-23)34(35(42)43)45-36(3,4)5/h9-10,17-20,34H,11-16,21-22H2,1-8H3,(H,42,43)/t34-/m0/s1. The van der Waals surface area contributed by atoms with E-state index < -0.39 is 17.7 Å². The predicted octanol–water partition coefficient (Wildman–Crippen LogP) is 8.15. The highest BCUT2D eigenvalue weighted by molar-refractivity contribution is 6.30. The number of pyridine rings is 1. The Bertz CT molecular complexity index is 1570. The lowest BCUT2D eigenvalue weighted by molar-refractivity contribution is -0.160. The number of piperidine rings is 1. The molecule has 0 spiro atoms. The molecule has 2 aliphatic heterocycles. The summed E-state index contributed by atoms with van der Waals surface area (Å²) in [5.74, 6) is -0.224. The number of carboxylic acid groups (broad SMARTS) is 1. The van der Waals surface area contributed by atoms with Gasteiger partial charge in [0.2, 0.25) is 0 Å². The average molecular weight is 634 g/mol. The van der Waals surface area contributed by atoms with E-state index in [1.165, 1.54) is 11.1 Å². The number of rotatable bonds is 8. The largest absolute Gasteiger partial charge is 0.497 e.